The van der Waals surface area contributed by atoms with Crippen LogP contribution in [0.5, 0.6) is 0 Å². The van der Waals surface area contributed by atoms with Gasteiger partial charge in [-0.15, -0.1) is 11.6 Å². The lowest BCUT2D eigenvalue weighted by molar-refractivity contribution is 0.334. The molecule has 1 rings (SSSR count). The summed E-state index contributed by atoms with van der Waals surface area (Å²) in [5, 5.41) is 3.49. The minimum absolute atomic E-state index is 0.153. The first kappa shape index (κ1) is 14.8. The Labute approximate surface area is 117 Å². The summed E-state index contributed by atoms with van der Waals surface area (Å²) in [5.74, 6) is 1.55. The van der Waals surface area contributed by atoms with Crippen LogP contribution in [0.4, 0.5) is 5.82 Å². The second-order valence-corrected chi connectivity index (χ2v) is 6.50. The number of hydrogen-bond acceptors (Lipinski definition) is 2. The first-order valence-electron chi connectivity index (χ1n) is 5.80. The third kappa shape index (κ3) is 4.14. The van der Waals surface area contributed by atoms with Crippen molar-refractivity contribution in [3.8, 4) is 0 Å². The van der Waals surface area contributed by atoms with Gasteiger partial charge in [0.15, 0.2) is 0 Å². The number of nitrogens with one attached hydrogen (secondary N) is 1. The first-order chi connectivity index (χ1) is 7.86. The lowest BCUT2D eigenvalue weighted by atomic mass is 9.85. The zero-order chi connectivity index (χ0) is 13.1. The Bertz CT molecular complexity index is 374. The van der Waals surface area contributed by atoms with Gasteiger partial charge in [0.25, 0.3) is 0 Å². The predicted molar refractivity (Wildman–Crippen MR) is 78.9 cm³/mol. The Kier molecular flexibility index (Phi) is 5.26. The van der Waals surface area contributed by atoms with Crippen molar-refractivity contribution in [3.05, 3.63) is 22.3 Å². The lowest BCUT2D eigenvalue weighted by Gasteiger charge is -2.32. The highest BCUT2D eigenvalue weighted by Crippen LogP contribution is 2.29. The molecule has 0 aliphatic rings. The molecule has 1 heterocycles. The first-order valence-corrected chi connectivity index (χ1v) is 7.12. The van der Waals surface area contributed by atoms with Gasteiger partial charge in [-0.3, -0.25) is 0 Å². The second kappa shape index (κ2) is 6.05. The van der Waals surface area contributed by atoms with E-state index in [9.17, 15) is 0 Å². The molecule has 1 aromatic heterocycles. The number of alkyl halides is 1. The molecule has 1 N–H and O–H groups in total. The summed E-state index contributed by atoms with van der Waals surface area (Å²) in [5.41, 5.74) is 1.33. The quantitative estimate of drug-likeness (QED) is 0.820. The van der Waals surface area contributed by atoms with E-state index in [-0.39, 0.29) is 5.41 Å². The van der Waals surface area contributed by atoms with Crippen LogP contribution in [0.2, 0.25) is 0 Å². The number of rotatable bonds is 4. The monoisotopic (exact) mass is 318 g/mol. The van der Waals surface area contributed by atoms with Crippen LogP contribution in [0, 0.1) is 12.3 Å². The SMILES string of the molecule is Cc1ccnc(NC(CCCl)C(C)(C)C)c1Br. The molecule has 1 unspecified atom stereocenters. The van der Waals surface area contributed by atoms with E-state index >= 15 is 0 Å². The van der Waals surface area contributed by atoms with E-state index in [0.29, 0.717) is 11.9 Å². The summed E-state index contributed by atoms with van der Waals surface area (Å²) in [6.45, 7) is 8.69. The molecule has 0 radical (unpaired) electrons. The maximum atomic E-state index is 5.87. The molecule has 2 nitrogen and oxygen atoms in total. The van der Waals surface area contributed by atoms with Crippen LogP contribution in [0.25, 0.3) is 0 Å². The molecule has 0 aliphatic heterocycles. The van der Waals surface area contributed by atoms with Crippen LogP contribution in [0.3, 0.4) is 0 Å². The Morgan fingerprint density at radius 2 is 2.12 bits per heavy atom. The summed E-state index contributed by atoms with van der Waals surface area (Å²) in [4.78, 5) is 4.37. The summed E-state index contributed by atoms with van der Waals surface area (Å²) < 4.78 is 1.03. The van der Waals surface area contributed by atoms with E-state index < -0.39 is 0 Å². The highest BCUT2D eigenvalue weighted by molar-refractivity contribution is 9.10. The van der Waals surface area contributed by atoms with Gasteiger partial charge in [-0.25, -0.2) is 4.98 Å². The minimum Gasteiger partial charge on any atom is -0.366 e. The molecule has 0 aromatic carbocycles. The zero-order valence-corrected chi connectivity index (χ0v) is 13.2. The van der Waals surface area contributed by atoms with Crippen LogP contribution < -0.4 is 5.32 Å². The fourth-order valence-corrected chi connectivity index (χ4v) is 2.20. The number of pyridine rings is 1. The van der Waals surface area contributed by atoms with Crippen LogP contribution in [-0.2, 0) is 0 Å². The number of anilines is 1. The van der Waals surface area contributed by atoms with Crippen molar-refractivity contribution in [1.29, 1.82) is 0 Å². The zero-order valence-electron chi connectivity index (χ0n) is 10.8. The van der Waals surface area contributed by atoms with Crippen molar-refractivity contribution in [1.82, 2.24) is 4.98 Å². The van der Waals surface area contributed by atoms with Crippen LogP contribution in [0.1, 0.15) is 32.8 Å². The van der Waals surface area contributed by atoms with Crippen molar-refractivity contribution < 1.29 is 0 Å². The fraction of sp³-hybridized carbons (Fsp3) is 0.615. The van der Waals surface area contributed by atoms with Crippen molar-refractivity contribution in [3.63, 3.8) is 0 Å². The van der Waals surface area contributed by atoms with Crippen LogP contribution >= 0.6 is 27.5 Å². The second-order valence-electron chi connectivity index (χ2n) is 5.33. The number of hydrogen-bond donors (Lipinski definition) is 1. The molecule has 0 saturated heterocycles. The van der Waals surface area contributed by atoms with Gasteiger partial charge >= 0.3 is 0 Å². The molecule has 1 aromatic rings. The van der Waals surface area contributed by atoms with E-state index in [0.717, 1.165) is 16.7 Å². The highest BCUT2D eigenvalue weighted by atomic mass is 79.9. The maximum absolute atomic E-state index is 5.87. The molecule has 1 atom stereocenters. The highest BCUT2D eigenvalue weighted by Gasteiger charge is 2.24. The number of aryl methyl sites for hydroxylation is 1. The maximum Gasteiger partial charge on any atom is 0.140 e. The van der Waals surface area contributed by atoms with Gasteiger partial charge in [-0.05, 0) is 46.3 Å². The average Bonchev–Trinajstić information content (AvgIpc) is 2.22. The Balaban J connectivity index is 2.90. The third-order valence-electron chi connectivity index (χ3n) is 2.84. The topological polar surface area (TPSA) is 24.9 Å². The molecule has 17 heavy (non-hydrogen) atoms. The molecule has 0 amide bonds. The van der Waals surface area contributed by atoms with Crippen LogP contribution in [-0.4, -0.2) is 16.9 Å². The van der Waals surface area contributed by atoms with E-state index in [2.05, 4.69) is 53.9 Å². The molecule has 0 fully saturated rings. The van der Waals surface area contributed by atoms with E-state index in [4.69, 9.17) is 11.6 Å². The molecular formula is C13H20BrClN2. The smallest absolute Gasteiger partial charge is 0.140 e. The normalized spacial score (nSPS) is 13.5. The van der Waals surface area contributed by atoms with Crippen molar-refractivity contribution in [2.75, 3.05) is 11.2 Å². The van der Waals surface area contributed by atoms with Gasteiger partial charge in [0.2, 0.25) is 0 Å². The average molecular weight is 320 g/mol. The number of halogens is 2. The molecule has 0 saturated carbocycles. The van der Waals surface area contributed by atoms with Crippen molar-refractivity contribution >= 4 is 33.3 Å². The summed E-state index contributed by atoms with van der Waals surface area (Å²) in [7, 11) is 0. The lowest BCUT2D eigenvalue weighted by Crippen LogP contribution is -2.34. The van der Waals surface area contributed by atoms with Gasteiger partial charge < -0.3 is 5.32 Å². The standard InChI is InChI=1S/C13H20BrClN2/c1-9-6-8-16-12(11(9)14)17-10(5-7-15)13(2,3)4/h6,8,10H,5,7H2,1-4H3,(H,16,17). The van der Waals surface area contributed by atoms with E-state index in [1.54, 1.807) is 0 Å². The minimum atomic E-state index is 0.153. The molecular weight excluding hydrogens is 300 g/mol. The Morgan fingerprint density at radius 1 is 1.47 bits per heavy atom. The molecule has 96 valence electrons. The van der Waals surface area contributed by atoms with Crippen LogP contribution in [0.15, 0.2) is 16.7 Å². The predicted octanol–water partition coefficient (Wildman–Crippen LogP) is 4.61. The Morgan fingerprint density at radius 3 is 2.65 bits per heavy atom. The molecule has 4 heteroatoms. The van der Waals surface area contributed by atoms with Gasteiger partial charge in [-0.1, -0.05) is 20.8 Å². The van der Waals surface area contributed by atoms with Gasteiger partial charge in [-0.2, -0.15) is 0 Å². The van der Waals surface area contributed by atoms with Gasteiger partial charge in [0, 0.05) is 18.1 Å². The summed E-state index contributed by atoms with van der Waals surface area (Å²) in [6, 6.07) is 2.30. The van der Waals surface area contributed by atoms with E-state index in [1.807, 2.05) is 12.3 Å². The van der Waals surface area contributed by atoms with E-state index in [1.165, 1.54) is 5.56 Å². The van der Waals surface area contributed by atoms with Gasteiger partial charge in [0.05, 0.1) is 4.47 Å². The third-order valence-corrected chi connectivity index (χ3v) is 4.06. The van der Waals surface area contributed by atoms with Crippen molar-refractivity contribution in [2.24, 2.45) is 5.41 Å². The van der Waals surface area contributed by atoms with Gasteiger partial charge in [0.1, 0.15) is 5.82 Å². The fourth-order valence-electron chi connectivity index (χ4n) is 1.64. The number of nitrogens with zero attached hydrogens (tertiary/aromatic N) is 1. The molecule has 0 bridgehead atoms. The summed E-state index contributed by atoms with van der Waals surface area (Å²) >= 11 is 9.44. The largest absolute Gasteiger partial charge is 0.366 e. The molecule has 0 aliphatic carbocycles. The van der Waals surface area contributed by atoms with Crippen molar-refractivity contribution in [2.45, 2.75) is 40.2 Å². The Hall–Kier alpha value is -0.280. The summed E-state index contributed by atoms with van der Waals surface area (Å²) in [6.07, 6.45) is 2.75. The molecule has 0 spiro atoms. The number of aromatic nitrogens is 1.